The lowest BCUT2D eigenvalue weighted by Gasteiger charge is -2.38. The van der Waals surface area contributed by atoms with Crippen LogP contribution in [0.4, 0.5) is 0 Å². The molecule has 3 nitrogen and oxygen atoms in total. The second-order valence-electron chi connectivity index (χ2n) is 5.68. The van der Waals surface area contributed by atoms with Crippen LogP contribution in [0.15, 0.2) is 0 Å². The van der Waals surface area contributed by atoms with Crippen LogP contribution in [0, 0.1) is 5.41 Å². The number of carbonyl (C=O) groups excluding carboxylic acids is 1. The summed E-state index contributed by atoms with van der Waals surface area (Å²) < 4.78 is 0. The second-order valence-corrected chi connectivity index (χ2v) is 5.68. The van der Waals surface area contributed by atoms with Gasteiger partial charge in [0.25, 0.3) is 0 Å². The number of nitrogens with zero attached hydrogens (tertiary/aromatic N) is 1. The number of rotatable bonds is 1. The molecule has 1 amide bonds. The van der Waals surface area contributed by atoms with Gasteiger partial charge in [-0.1, -0.05) is 33.6 Å². The van der Waals surface area contributed by atoms with Crippen molar-refractivity contribution in [2.75, 3.05) is 7.05 Å². The topological polar surface area (TPSA) is 46.3 Å². The summed E-state index contributed by atoms with van der Waals surface area (Å²) >= 11 is 0. The lowest BCUT2D eigenvalue weighted by molar-refractivity contribution is -0.141. The van der Waals surface area contributed by atoms with Crippen molar-refractivity contribution in [2.45, 2.75) is 58.5 Å². The number of carbonyl (C=O) groups is 1. The van der Waals surface area contributed by atoms with Crippen LogP contribution >= 0.6 is 0 Å². The Hall–Kier alpha value is -0.570. The van der Waals surface area contributed by atoms with Crippen LogP contribution < -0.4 is 5.73 Å². The average Bonchev–Trinajstić information content (AvgIpc) is 2.15. The fraction of sp³-hybridized carbons (Fsp3) is 0.917. The van der Waals surface area contributed by atoms with Gasteiger partial charge in [-0.2, -0.15) is 0 Å². The Morgan fingerprint density at radius 1 is 1.27 bits per heavy atom. The SMILES string of the molecule is CN(C(=O)C(C)(C)C)C1CCCCC1N. The van der Waals surface area contributed by atoms with Crippen LogP contribution in [-0.4, -0.2) is 29.9 Å². The minimum atomic E-state index is -0.300. The third-order valence-electron chi connectivity index (χ3n) is 3.24. The van der Waals surface area contributed by atoms with Crippen molar-refractivity contribution >= 4 is 5.91 Å². The molecule has 0 aromatic heterocycles. The Morgan fingerprint density at radius 2 is 1.80 bits per heavy atom. The molecule has 0 spiro atoms. The van der Waals surface area contributed by atoms with Crippen molar-refractivity contribution in [3.63, 3.8) is 0 Å². The molecule has 0 aromatic rings. The minimum absolute atomic E-state index is 0.162. The summed E-state index contributed by atoms with van der Waals surface area (Å²) in [5, 5.41) is 0. The third kappa shape index (κ3) is 2.94. The molecule has 0 radical (unpaired) electrons. The van der Waals surface area contributed by atoms with Gasteiger partial charge in [-0.15, -0.1) is 0 Å². The van der Waals surface area contributed by atoms with Crippen LogP contribution in [0.25, 0.3) is 0 Å². The molecular weight excluding hydrogens is 188 g/mol. The first-order valence-electron chi connectivity index (χ1n) is 5.87. The first-order chi connectivity index (χ1) is 6.84. The highest BCUT2D eigenvalue weighted by Gasteiger charge is 2.33. The van der Waals surface area contributed by atoms with E-state index in [4.69, 9.17) is 5.73 Å². The van der Waals surface area contributed by atoms with Crippen molar-refractivity contribution in [2.24, 2.45) is 11.1 Å². The van der Waals surface area contributed by atoms with Gasteiger partial charge in [0.05, 0.1) is 0 Å². The van der Waals surface area contributed by atoms with E-state index in [1.165, 1.54) is 12.8 Å². The van der Waals surface area contributed by atoms with Crippen molar-refractivity contribution in [1.82, 2.24) is 4.90 Å². The molecule has 0 saturated heterocycles. The van der Waals surface area contributed by atoms with Crippen LogP contribution in [0.3, 0.4) is 0 Å². The molecule has 3 heteroatoms. The van der Waals surface area contributed by atoms with Gasteiger partial charge in [0.1, 0.15) is 0 Å². The fourth-order valence-electron chi connectivity index (χ4n) is 2.30. The molecule has 2 atom stereocenters. The highest BCUT2D eigenvalue weighted by Crippen LogP contribution is 2.25. The van der Waals surface area contributed by atoms with Crippen LogP contribution in [0.1, 0.15) is 46.5 Å². The quantitative estimate of drug-likeness (QED) is 0.720. The van der Waals surface area contributed by atoms with E-state index in [0.29, 0.717) is 0 Å². The minimum Gasteiger partial charge on any atom is -0.341 e. The summed E-state index contributed by atoms with van der Waals surface area (Å²) in [5.41, 5.74) is 5.77. The molecule has 0 aromatic carbocycles. The van der Waals surface area contributed by atoms with Gasteiger partial charge >= 0.3 is 0 Å². The Balaban J connectivity index is 2.66. The number of nitrogens with two attached hydrogens (primary N) is 1. The maximum Gasteiger partial charge on any atom is 0.227 e. The summed E-state index contributed by atoms with van der Waals surface area (Å²) in [7, 11) is 1.89. The predicted molar refractivity (Wildman–Crippen MR) is 62.5 cm³/mol. The van der Waals surface area contributed by atoms with Gasteiger partial charge in [-0.25, -0.2) is 0 Å². The number of amides is 1. The normalized spacial score (nSPS) is 27.5. The molecule has 1 aliphatic carbocycles. The van der Waals surface area contributed by atoms with Crippen molar-refractivity contribution < 1.29 is 4.79 Å². The largest absolute Gasteiger partial charge is 0.341 e. The maximum atomic E-state index is 12.1. The number of hydrogen-bond acceptors (Lipinski definition) is 2. The van der Waals surface area contributed by atoms with Crippen LogP contribution in [0.5, 0.6) is 0 Å². The first kappa shape index (κ1) is 12.5. The Kier molecular flexibility index (Phi) is 3.77. The molecule has 2 N–H and O–H groups in total. The van der Waals surface area contributed by atoms with Gasteiger partial charge in [-0.05, 0) is 12.8 Å². The van der Waals surface area contributed by atoms with Gasteiger partial charge in [-0.3, -0.25) is 4.79 Å². The molecule has 1 aliphatic rings. The molecule has 15 heavy (non-hydrogen) atoms. The Bertz CT molecular complexity index is 232. The van der Waals surface area contributed by atoms with E-state index in [1.807, 2.05) is 32.7 Å². The van der Waals surface area contributed by atoms with E-state index in [0.717, 1.165) is 12.8 Å². The first-order valence-corrected chi connectivity index (χ1v) is 5.87. The summed E-state index contributed by atoms with van der Waals surface area (Å²) in [6.45, 7) is 5.88. The molecule has 1 rings (SSSR count). The monoisotopic (exact) mass is 212 g/mol. The number of likely N-dealkylation sites (N-methyl/N-ethyl adjacent to an activating group) is 1. The Labute approximate surface area is 93.0 Å². The van der Waals surface area contributed by atoms with Crippen molar-refractivity contribution in [3.8, 4) is 0 Å². The average molecular weight is 212 g/mol. The van der Waals surface area contributed by atoms with E-state index in [1.54, 1.807) is 0 Å². The second kappa shape index (κ2) is 4.52. The van der Waals surface area contributed by atoms with Gasteiger partial charge < -0.3 is 10.6 Å². The van der Waals surface area contributed by atoms with Gasteiger partial charge in [0.2, 0.25) is 5.91 Å². The highest BCUT2D eigenvalue weighted by molar-refractivity contribution is 5.81. The Morgan fingerprint density at radius 3 is 2.27 bits per heavy atom. The lowest BCUT2D eigenvalue weighted by atomic mass is 9.87. The summed E-state index contributed by atoms with van der Waals surface area (Å²) in [6.07, 6.45) is 4.50. The standard InChI is InChI=1S/C12H24N2O/c1-12(2,3)11(15)14(4)10-8-6-5-7-9(10)13/h9-10H,5-8,13H2,1-4H3. The number of hydrogen-bond donors (Lipinski definition) is 1. The van der Waals surface area contributed by atoms with E-state index < -0.39 is 0 Å². The van der Waals surface area contributed by atoms with Gasteiger partial charge in [0.15, 0.2) is 0 Å². The zero-order valence-electron chi connectivity index (χ0n) is 10.4. The molecule has 1 fully saturated rings. The van der Waals surface area contributed by atoms with E-state index in [9.17, 15) is 4.79 Å². The molecule has 2 unspecified atom stereocenters. The summed E-state index contributed by atoms with van der Waals surface area (Å²) in [5.74, 6) is 0.199. The zero-order chi connectivity index (χ0) is 11.6. The van der Waals surface area contributed by atoms with Crippen molar-refractivity contribution in [1.29, 1.82) is 0 Å². The predicted octanol–water partition coefficient (Wildman–Crippen LogP) is 1.76. The molecule has 0 heterocycles. The molecule has 0 aliphatic heterocycles. The molecule has 88 valence electrons. The van der Waals surface area contributed by atoms with Gasteiger partial charge in [0, 0.05) is 24.5 Å². The van der Waals surface area contributed by atoms with E-state index in [2.05, 4.69) is 0 Å². The summed E-state index contributed by atoms with van der Waals surface area (Å²) in [4.78, 5) is 13.9. The molecule has 0 bridgehead atoms. The van der Waals surface area contributed by atoms with E-state index in [-0.39, 0.29) is 23.4 Å². The zero-order valence-corrected chi connectivity index (χ0v) is 10.4. The van der Waals surface area contributed by atoms with Crippen LogP contribution in [-0.2, 0) is 4.79 Å². The van der Waals surface area contributed by atoms with Crippen molar-refractivity contribution in [3.05, 3.63) is 0 Å². The highest BCUT2D eigenvalue weighted by atomic mass is 16.2. The molecular formula is C12H24N2O. The third-order valence-corrected chi connectivity index (χ3v) is 3.24. The maximum absolute atomic E-state index is 12.1. The van der Waals surface area contributed by atoms with Crippen LogP contribution in [0.2, 0.25) is 0 Å². The summed E-state index contributed by atoms with van der Waals surface area (Å²) in [6, 6.07) is 0.403. The molecule has 1 saturated carbocycles. The van der Waals surface area contributed by atoms with E-state index >= 15 is 0 Å². The lowest BCUT2D eigenvalue weighted by Crippen LogP contribution is -2.52. The smallest absolute Gasteiger partial charge is 0.227 e. The fourth-order valence-corrected chi connectivity index (χ4v) is 2.30.